The topological polar surface area (TPSA) is 126 Å². The van der Waals surface area contributed by atoms with Gasteiger partial charge in [-0.2, -0.15) is 14.6 Å². The number of fused-ring (bicyclic) bond motifs is 1. The molecule has 9 nitrogen and oxygen atoms in total. The second kappa shape index (κ2) is 4.54. The quantitative estimate of drug-likeness (QED) is 0.724. The number of hydrogen-bond donors (Lipinski definition) is 2. The number of aromatic carboxylic acids is 1. The Morgan fingerprint density at radius 1 is 1.52 bits per heavy atom. The number of H-pyrrole nitrogens is 1. The van der Waals surface area contributed by atoms with Crippen molar-refractivity contribution in [2.45, 2.75) is 20.3 Å². The van der Waals surface area contributed by atoms with Gasteiger partial charge in [0.05, 0.1) is 6.20 Å². The largest absolute Gasteiger partial charge is 0.475 e. The molecule has 0 saturated heterocycles. The normalized spacial score (nSPS) is 11.1. The Morgan fingerprint density at radius 2 is 2.29 bits per heavy atom. The number of carboxylic acid groups (broad SMARTS) is 1. The Balaban J connectivity index is 2.25. The Hall–Kier alpha value is -2.97. The minimum atomic E-state index is -1.29. The number of hydrogen-bond acceptors (Lipinski definition) is 6. The van der Waals surface area contributed by atoms with E-state index in [4.69, 9.17) is 9.63 Å². The van der Waals surface area contributed by atoms with Crippen LogP contribution in [0.3, 0.4) is 0 Å². The van der Waals surface area contributed by atoms with E-state index in [9.17, 15) is 9.59 Å². The average molecular weight is 289 g/mol. The SMILES string of the molecule is CCc1c(C)[nH]c2c(-c3nc(C(=O)O)no3)cnn2c1=O. The molecule has 0 radical (unpaired) electrons. The zero-order valence-electron chi connectivity index (χ0n) is 11.2. The third-order valence-corrected chi connectivity index (χ3v) is 3.18. The molecule has 2 N–H and O–H groups in total. The van der Waals surface area contributed by atoms with E-state index >= 15 is 0 Å². The standard InChI is InChI=1S/C12H11N5O4/c1-3-6-5(2)14-9-7(4-13-17(9)11(6)18)10-15-8(12(19)20)16-21-10/h4,14H,3H2,1-2H3,(H,19,20). The highest BCUT2D eigenvalue weighted by Gasteiger charge is 2.20. The van der Waals surface area contributed by atoms with E-state index in [2.05, 4.69) is 20.2 Å². The molecule has 0 aliphatic rings. The van der Waals surface area contributed by atoms with Crippen molar-refractivity contribution < 1.29 is 14.4 Å². The number of aromatic nitrogens is 5. The fourth-order valence-corrected chi connectivity index (χ4v) is 2.16. The molecule has 0 unspecified atom stereocenters. The van der Waals surface area contributed by atoms with Gasteiger partial charge in [0.2, 0.25) is 0 Å². The molecule has 0 amide bonds. The van der Waals surface area contributed by atoms with Gasteiger partial charge < -0.3 is 14.6 Å². The lowest BCUT2D eigenvalue weighted by Gasteiger charge is -2.03. The molecule has 0 aliphatic heterocycles. The van der Waals surface area contributed by atoms with Crippen molar-refractivity contribution in [3.63, 3.8) is 0 Å². The highest BCUT2D eigenvalue weighted by molar-refractivity contribution is 5.84. The van der Waals surface area contributed by atoms with E-state index in [0.29, 0.717) is 23.2 Å². The maximum Gasteiger partial charge on any atom is 0.377 e. The summed E-state index contributed by atoms with van der Waals surface area (Å²) in [6.07, 6.45) is 1.96. The molecular formula is C12H11N5O4. The van der Waals surface area contributed by atoms with Crippen LogP contribution in [0.5, 0.6) is 0 Å². The Labute approximate surface area is 117 Å². The molecule has 0 fully saturated rings. The Bertz CT molecular complexity index is 904. The van der Waals surface area contributed by atoms with Crippen molar-refractivity contribution >= 4 is 11.6 Å². The second-order valence-corrected chi connectivity index (χ2v) is 4.43. The maximum absolute atomic E-state index is 12.3. The van der Waals surface area contributed by atoms with Crippen molar-refractivity contribution in [3.05, 3.63) is 33.6 Å². The summed E-state index contributed by atoms with van der Waals surface area (Å²) in [6, 6.07) is 0. The van der Waals surface area contributed by atoms with Gasteiger partial charge in [-0.25, -0.2) is 4.79 Å². The van der Waals surface area contributed by atoms with Gasteiger partial charge in [0, 0.05) is 11.3 Å². The number of rotatable bonds is 3. The summed E-state index contributed by atoms with van der Waals surface area (Å²) in [5.41, 5.74) is 1.88. The summed E-state index contributed by atoms with van der Waals surface area (Å²) in [6.45, 7) is 3.67. The molecule has 108 valence electrons. The highest BCUT2D eigenvalue weighted by Crippen LogP contribution is 2.21. The van der Waals surface area contributed by atoms with Gasteiger partial charge in [-0.15, -0.1) is 0 Å². The maximum atomic E-state index is 12.3. The first-order valence-corrected chi connectivity index (χ1v) is 6.19. The van der Waals surface area contributed by atoms with E-state index in [1.54, 1.807) is 6.92 Å². The van der Waals surface area contributed by atoms with Crippen LogP contribution in [-0.2, 0) is 6.42 Å². The third kappa shape index (κ3) is 1.90. The van der Waals surface area contributed by atoms with Crippen LogP contribution in [0.2, 0.25) is 0 Å². The van der Waals surface area contributed by atoms with Crippen molar-refractivity contribution in [1.29, 1.82) is 0 Å². The first-order valence-electron chi connectivity index (χ1n) is 6.19. The number of aryl methyl sites for hydroxylation is 1. The average Bonchev–Trinajstić information content (AvgIpc) is 3.04. The predicted octanol–water partition coefficient (Wildman–Crippen LogP) is 0.642. The first-order chi connectivity index (χ1) is 10.0. The van der Waals surface area contributed by atoms with E-state index in [-0.39, 0.29) is 11.4 Å². The van der Waals surface area contributed by atoms with Gasteiger partial charge in [0.25, 0.3) is 17.3 Å². The summed E-state index contributed by atoms with van der Waals surface area (Å²) in [5.74, 6) is -1.75. The smallest absolute Gasteiger partial charge is 0.377 e. The van der Waals surface area contributed by atoms with E-state index in [0.717, 1.165) is 5.69 Å². The monoisotopic (exact) mass is 289 g/mol. The highest BCUT2D eigenvalue weighted by atomic mass is 16.5. The number of nitrogens with zero attached hydrogens (tertiary/aromatic N) is 4. The molecular weight excluding hydrogens is 278 g/mol. The molecule has 3 rings (SSSR count). The lowest BCUT2D eigenvalue weighted by Crippen LogP contribution is -2.21. The molecule has 0 bridgehead atoms. The molecule has 21 heavy (non-hydrogen) atoms. The van der Waals surface area contributed by atoms with E-state index in [1.807, 2.05) is 6.92 Å². The summed E-state index contributed by atoms with van der Waals surface area (Å²) in [5, 5.41) is 16.1. The summed E-state index contributed by atoms with van der Waals surface area (Å²) in [7, 11) is 0. The first kappa shape index (κ1) is 13.0. The molecule has 3 heterocycles. The van der Waals surface area contributed by atoms with Crippen molar-refractivity contribution in [3.8, 4) is 11.5 Å². The Morgan fingerprint density at radius 3 is 2.90 bits per heavy atom. The zero-order valence-corrected chi connectivity index (χ0v) is 11.2. The van der Waals surface area contributed by atoms with Gasteiger partial charge >= 0.3 is 5.97 Å². The van der Waals surface area contributed by atoms with Crippen molar-refractivity contribution in [2.24, 2.45) is 0 Å². The van der Waals surface area contributed by atoms with E-state index < -0.39 is 11.8 Å². The van der Waals surface area contributed by atoms with Gasteiger partial charge in [0.1, 0.15) is 11.2 Å². The Kier molecular flexibility index (Phi) is 2.82. The minimum absolute atomic E-state index is 0.0123. The lowest BCUT2D eigenvalue weighted by molar-refractivity contribution is 0.0680. The molecule has 3 aromatic heterocycles. The van der Waals surface area contributed by atoms with Crippen LogP contribution in [-0.4, -0.2) is 35.8 Å². The van der Waals surface area contributed by atoms with Crippen LogP contribution in [0.25, 0.3) is 17.1 Å². The second-order valence-electron chi connectivity index (χ2n) is 4.43. The number of aromatic amines is 1. The molecule has 0 aromatic carbocycles. The zero-order chi connectivity index (χ0) is 15.1. The van der Waals surface area contributed by atoms with Crippen LogP contribution >= 0.6 is 0 Å². The molecule has 0 saturated carbocycles. The number of carboxylic acids is 1. The summed E-state index contributed by atoms with van der Waals surface area (Å²) in [4.78, 5) is 29.8. The third-order valence-electron chi connectivity index (χ3n) is 3.18. The molecule has 3 aromatic rings. The molecule has 9 heteroatoms. The van der Waals surface area contributed by atoms with Crippen LogP contribution in [0.15, 0.2) is 15.5 Å². The van der Waals surface area contributed by atoms with Gasteiger partial charge in [0.15, 0.2) is 0 Å². The lowest BCUT2D eigenvalue weighted by atomic mass is 10.2. The van der Waals surface area contributed by atoms with Crippen LogP contribution in [0.4, 0.5) is 0 Å². The van der Waals surface area contributed by atoms with Gasteiger partial charge in [-0.1, -0.05) is 6.92 Å². The molecule has 0 atom stereocenters. The fourth-order valence-electron chi connectivity index (χ4n) is 2.16. The van der Waals surface area contributed by atoms with Gasteiger partial charge in [-0.3, -0.25) is 4.79 Å². The number of nitrogens with one attached hydrogen (secondary N) is 1. The van der Waals surface area contributed by atoms with Crippen molar-refractivity contribution in [1.82, 2.24) is 24.7 Å². The minimum Gasteiger partial charge on any atom is -0.475 e. The predicted molar refractivity (Wildman–Crippen MR) is 70.2 cm³/mol. The van der Waals surface area contributed by atoms with Gasteiger partial charge in [-0.05, 0) is 18.5 Å². The van der Waals surface area contributed by atoms with Crippen LogP contribution in [0, 0.1) is 6.92 Å². The van der Waals surface area contributed by atoms with Crippen LogP contribution in [0.1, 0.15) is 28.8 Å². The summed E-state index contributed by atoms with van der Waals surface area (Å²) < 4.78 is 6.10. The summed E-state index contributed by atoms with van der Waals surface area (Å²) >= 11 is 0. The van der Waals surface area contributed by atoms with Crippen LogP contribution < -0.4 is 5.56 Å². The molecule has 0 aliphatic carbocycles. The fraction of sp³-hybridized carbons (Fsp3) is 0.250. The number of carbonyl (C=O) groups is 1. The molecule has 0 spiro atoms. The van der Waals surface area contributed by atoms with Crippen molar-refractivity contribution in [2.75, 3.05) is 0 Å². The van der Waals surface area contributed by atoms with E-state index in [1.165, 1.54) is 10.7 Å².